The van der Waals surface area contributed by atoms with E-state index in [4.69, 9.17) is 5.11 Å². The van der Waals surface area contributed by atoms with Crippen molar-refractivity contribution in [1.29, 1.82) is 0 Å². The van der Waals surface area contributed by atoms with Crippen LogP contribution in [0.5, 0.6) is 0 Å². The van der Waals surface area contributed by atoms with Gasteiger partial charge >= 0.3 is 12.0 Å². The third kappa shape index (κ3) is 3.92. The van der Waals surface area contributed by atoms with E-state index in [1.54, 1.807) is 0 Å². The zero-order valence-corrected chi connectivity index (χ0v) is 10.4. The summed E-state index contributed by atoms with van der Waals surface area (Å²) in [7, 11) is 0. The average Bonchev–Trinajstić information content (AvgIpc) is 2.17. The highest BCUT2D eigenvalue weighted by atomic mass is 32.2. The van der Waals surface area contributed by atoms with Crippen molar-refractivity contribution in [2.24, 2.45) is 0 Å². The minimum atomic E-state index is -1.23. The Balaban J connectivity index is 2.37. The maximum atomic E-state index is 11.5. The van der Waals surface area contributed by atoms with Gasteiger partial charge < -0.3 is 15.7 Å². The van der Waals surface area contributed by atoms with E-state index in [0.717, 1.165) is 24.3 Å². The van der Waals surface area contributed by atoms with Crippen LogP contribution in [-0.4, -0.2) is 40.2 Å². The highest BCUT2D eigenvalue weighted by Gasteiger charge is 2.29. The first-order chi connectivity index (χ1) is 7.42. The molecule has 92 valence electrons. The van der Waals surface area contributed by atoms with Gasteiger partial charge in [-0.1, -0.05) is 0 Å². The molecule has 6 heteroatoms. The van der Waals surface area contributed by atoms with Crippen molar-refractivity contribution in [3.8, 4) is 0 Å². The third-order valence-electron chi connectivity index (χ3n) is 2.52. The molecule has 0 radical (unpaired) electrons. The molecule has 0 saturated carbocycles. The summed E-state index contributed by atoms with van der Waals surface area (Å²) in [6.07, 6.45) is 1.90. The van der Waals surface area contributed by atoms with E-state index in [0.29, 0.717) is 0 Å². The molecule has 1 aliphatic heterocycles. The highest BCUT2D eigenvalue weighted by molar-refractivity contribution is 7.99. The second-order valence-corrected chi connectivity index (χ2v) is 5.64. The van der Waals surface area contributed by atoms with Crippen molar-refractivity contribution < 1.29 is 14.7 Å². The molecule has 5 nitrogen and oxygen atoms in total. The summed E-state index contributed by atoms with van der Waals surface area (Å²) in [4.78, 5) is 22.3. The van der Waals surface area contributed by atoms with Crippen LogP contribution in [0.1, 0.15) is 26.7 Å². The van der Waals surface area contributed by atoms with Gasteiger partial charge in [-0.25, -0.2) is 9.59 Å². The van der Waals surface area contributed by atoms with E-state index < -0.39 is 17.5 Å². The fourth-order valence-corrected chi connectivity index (χ4v) is 2.51. The van der Waals surface area contributed by atoms with Crippen LogP contribution in [0.4, 0.5) is 4.79 Å². The van der Waals surface area contributed by atoms with Crippen molar-refractivity contribution in [2.45, 2.75) is 38.3 Å². The lowest BCUT2D eigenvalue weighted by molar-refractivity contribution is -0.142. The SMILES string of the molecule is CC(C)(NC(=O)NC1CCSCC1)C(=O)O. The summed E-state index contributed by atoms with van der Waals surface area (Å²) in [5, 5.41) is 14.1. The van der Waals surface area contributed by atoms with Crippen LogP contribution in [0.25, 0.3) is 0 Å². The normalized spacial score (nSPS) is 17.9. The Bertz CT molecular complexity index is 275. The van der Waals surface area contributed by atoms with Crippen molar-refractivity contribution in [3.05, 3.63) is 0 Å². The molecular formula is C10H18N2O3S. The van der Waals surface area contributed by atoms with E-state index in [-0.39, 0.29) is 6.04 Å². The Kier molecular flexibility index (Phi) is 4.46. The fourth-order valence-electron chi connectivity index (χ4n) is 1.40. The number of thioether (sulfide) groups is 1. The topological polar surface area (TPSA) is 78.4 Å². The Morgan fingerprint density at radius 2 is 1.88 bits per heavy atom. The molecular weight excluding hydrogens is 228 g/mol. The maximum absolute atomic E-state index is 11.5. The van der Waals surface area contributed by atoms with E-state index in [1.807, 2.05) is 11.8 Å². The molecule has 1 aliphatic rings. The quantitative estimate of drug-likeness (QED) is 0.695. The fraction of sp³-hybridized carbons (Fsp3) is 0.800. The number of rotatable bonds is 3. The molecule has 0 aromatic rings. The van der Waals surface area contributed by atoms with Crippen LogP contribution in [0.15, 0.2) is 0 Å². The minimum Gasteiger partial charge on any atom is -0.480 e. The predicted molar refractivity (Wildman–Crippen MR) is 63.7 cm³/mol. The van der Waals surface area contributed by atoms with Gasteiger partial charge in [-0.2, -0.15) is 11.8 Å². The summed E-state index contributed by atoms with van der Waals surface area (Å²) in [5.74, 6) is 1.06. The van der Waals surface area contributed by atoms with Crippen LogP contribution in [0.2, 0.25) is 0 Å². The Labute approximate surface area is 99.4 Å². The van der Waals surface area contributed by atoms with Gasteiger partial charge in [0, 0.05) is 6.04 Å². The summed E-state index contributed by atoms with van der Waals surface area (Å²) in [6.45, 7) is 2.93. The molecule has 1 heterocycles. The molecule has 1 fully saturated rings. The third-order valence-corrected chi connectivity index (χ3v) is 3.57. The number of carbonyl (C=O) groups is 2. The van der Waals surface area contributed by atoms with Crippen LogP contribution in [-0.2, 0) is 4.79 Å². The van der Waals surface area contributed by atoms with Gasteiger partial charge in [-0.3, -0.25) is 0 Å². The van der Waals surface area contributed by atoms with Gasteiger partial charge in [0.05, 0.1) is 0 Å². The van der Waals surface area contributed by atoms with E-state index in [1.165, 1.54) is 13.8 Å². The molecule has 0 bridgehead atoms. The van der Waals surface area contributed by atoms with Gasteiger partial charge in [0.25, 0.3) is 0 Å². The molecule has 16 heavy (non-hydrogen) atoms. The number of urea groups is 1. The van der Waals surface area contributed by atoms with Gasteiger partial charge in [0.1, 0.15) is 5.54 Å². The van der Waals surface area contributed by atoms with E-state index in [2.05, 4.69) is 10.6 Å². The minimum absolute atomic E-state index is 0.172. The van der Waals surface area contributed by atoms with Gasteiger partial charge in [0.15, 0.2) is 0 Å². The Morgan fingerprint density at radius 3 is 2.38 bits per heavy atom. The number of carboxylic acids is 1. The van der Waals surface area contributed by atoms with Crippen molar-refractivity contribution >= 4 is 23.8 Å². The number of aliphatic carboxylic acids is 1. The zero-order valence-electron chi connectivity index (χ0n) is 9.58. The molecule has 2 amide bonds. The van der Waals surface area contributed by atoms with Crippen molar-refractivity contribution in [1.82, 2.24) is 10.6 Å². The molecule has 0 aromatic heterocycles. The van der Waals surface area contributed by atoms with Gasteiger partial charge in [0.2, 0.25) is 0 Å². The molecule has 0 spiro atoms. The van der Waals surface area contributed by atoms with Gasteiger partial charge in [-0.05, 0) is 38.2 Å². The zero-order chi connectivity index (χ0) is 12.2. The first-order valence-corrected chi connectivity index (χ1v) is 6.47. The lowest BCUT2D eigenvalue weighted by Gasteiger charge is -2.26. The lowest BCUT2D eigenvalue weighted by Crippen LogP contribution is -2.55. The second kappa shape index (κ2) is 5.43. The van der Waals surface area contributed by atoms with Crippen LogP contribution in [0, 0.1) is 0 Å². The Hall–Kier alpha value is -0.910. The molecule has 1 rings (SSSR count). The smallest absolute Gasteiger partial charge is 0.328 e. The molecule has 0 aliphatic carbocycles. The highest BCUT2D eigenvalue weighted by Crippen LogP contribution is 2.16. The number of amides is 2. The number of carbonyl (C=O) groups excluding carboxylic acids is 1. The summed E-state index contributed by atoms with van der Waals surface area (Å²) < 4.78 is 0. The first kappa shape index (κ1) is 13.2. The number of nitrogens with one attached hydrogen (secondary N) is 2. The van der Waals surface area contributed by atoms with Crippen LogP contribution in [0.3, 0.4) is 0 Å². The van der Waals surface area contributed by atoms with E-state index >= 15 is 0 Å². The molecule has 1 saturated heterocycles. The van der Waals surface area contributed by atoms with Gasteiger partial charge in [-0.15, -0.1) is 0 Å². The van der Waals surface area contributed by atoms with Crippen LogP contribution >= 0.6 is 11.8 Å². The summed E-state index contributed by atoms with van der Waals surface area (Å²) in [5.41, 5.74) is -1.23. The van der Waals surface area contributed by atoms with Crippen LogP contribution < -0.4 is 10.6 Å². The predicted octanol–water partition coefficient (Wildman–Crippen LogP) is 1.04. The Morgan fingerprint density at radius 1 is 1.31 bits per heavy atom. The maximum Gasteiger partial charge on any atom is 0.328 e. The first-order valence-electron chi connectivity index (χ1n) is 5.31. The lowest BCUT2D eigenvalue weighted by atomic mass is 10.1. The largest absolute Gasteiger partial charge is 0.480 e. The second-order valence-electron chi connectivity index (χ2n) is 4.42. The molecule has 3 N–H and O–H groups in total. The molecule has 0 aromatic carbocycles. The number of hydrogen-bond donors (Lipinski definition) is 3. The number of carboxylic acid groups (broad SMARTS) is 1. The standard InChI is InChI=1S/C10H18N2O3S/c1-10(2,8(13)14)12-9(15)11-7-3-5-16-6-4-7/h7H,3-6H2,1-2H3,(H,13,14)(H2,11,12,15). The average molecular weight is 246 g/mol. The van der Waals surface area contributed by atoms with E-state index in [9.17, 15) is 9.59 Å². The summed E-state index contributed by atoms with van der Waals surface area (Å²) >= 11 is 1.88. The van der Waals surface area contributed by atoms with Crippen molar-refractivity contribution in [3.63, 3.8) is 0 Å². The number of hydrogen-bond acceptors (Lipinski definition) is 3. The molecule has 0 unspecified atom stereocenters. The summed E-state index contributed by atoms with van der Waals surface area (Å²) in [6, 6.07) is -0.227. The van der Waals surface area contributed by atoms with Crippen molar-refractivity contribution in [2.75, 3.05) is 11.5 Å². The monoisotopic (exact) mass is 246 g/mol. The molecule has 0 atom stereocenters.